The number of hydrogen-bond acceptors (Lipinski definition) is 1. The summed E-state index contributed by atoms with van der Waals surface area (Å²) >= 11 is 0. The summed E-state index contributed by atoms with van der Waals surface area (Å²) in [5.41, 5.74) is 1.32. The number of unbranched alkanes of at least 4 members (excludes halogenated alkanes) is 3. The van der Waals surface area contributed by atoms with Gasteiger partial charge in [0.25, 0.3) is 0 Å². The van der Waals surface area contributed by atoms with E-state index < -0.39 is 0 Å². The van der Waals surface area contributed by atoms with E-state index in [-0.39, 0.29) is 0 Å². The molecule has 72 valence electrons. The molecule has 0 amide bonds. The van der Waals surface area contributed by atoms with Crippen molar-refractivity contribution in [1.29, 1.82) is 0 Å². The van der Waals surface area contributed by atoms with Crippen LogP contribution in [0.3, 0.4) is 0 Å². The van der Waals surface area contributed by atoms with Gasteiger partial charge in [0.1, 0.15) is 0 Å². The smallest absolute Gasteiger partial charge is 0.0873 e. The number of hydrogen-bond donors (Lipinski definition) is 0. The van der Waals surface area contributed by atoms with Crippen LogP contribution in [-0.2, 0) is 4.74 Å². The summed E-state index contributed by atoms with van der Waals surface area (Å²) in [6.45, 7) is 7.36. The lowest BCUT2D eigenvalue weighted by molar-refractivity contribution is 0.237. The molecular weight excluding hydrogens is 148 g/mol. The minimum atomic E-state index is 0.886. The molecule has 0 saturated carbocycles. The second kappa shape index (κ2) is 8.63. The van der Waals surface area contributed by atoms with E-state index in [1.807, 2.05) is 6.26 Å². The first-order chi connectivity index (χ1) is 5.81. The molecule has 0 N–H and O–H groups in total. The molecule has 0 unspecified atom stereocenters. The molecule has 0 atom stereocenters. The van der Waals surface area contributed by atoms with Crippen molar-refractivity contribution in [3.63, 3.8) is 0 Å². The molecule has 0 bridgehead atoms. The van der Waals surface area contributed by atoms with Gasteiger partial charge in [-0.3, -0.25) is 0 Å². The molecule has 0 aromatic rings. The Labute approximate surface area is 76.8 Å². The van der Waals surface area contributed by atoms with Gasteiger partial charge in [-0.15, -0.1) is 0 Å². The first-order valence-corrected chi connectivity index (χ1v) is 5.08. The predicted octanol–water partition coefficient (Wildman–Crippen LogP) is 3.90. The van der Waals surface area contributed by atoms with Crippen LogP contribution in [0.2, 0.25) is 0 Å². The Hall–Kier alpha value is -0.460. The Morgan fingerprint density at radius 2 is 1.92 bits per heavy atom. The maximum Gasteiger partial charge on any atom is 0.0873 e. The minimum absolute atomic E-state index is 0.886. The van der Waals surface area contributed by atoms with Gasteiger partial charge in [-0.2, -0.15) is 0 Å². The quantitative estimate of drug-likeness (QED) is 0.416. The lowest BCUT2D eigenvalue weighted by Gasteiger charge is -2.01. The van der Waals surface area contributed by atoms with Crippen LogP contribution in [0, 0.1) is 0 Å². The van der Waals surface area contributed by atoms with E-state index in [0.717, 1.165) is 13.0 Å². The van der Waals surface area contributed by atoms with Gasteiger partial charge in [0, 0.05) is 0 Å². The molecule has 12 heavy (non-hydrogen) atoms. The zero-order valence-electron chi connectivity index (χ0n) is 8.73. The predicted molar refractivity (Wildman–Crippen MR) is 54.1 cm³/mol. The Morgan fingerprint density at radius 3 is 2.50 bits per heavy atom. The van der Waals surface area contributed by atoms with Crippen LogP contribution in [0.4, 0.5) is 0 Å². The van der Waals surface area contributed by atoms with Crippen molar-refractivity contribution < 1.29 is 4.74 Å². The second-order valence-electron chi connectivity index (χ2n) is 3.25. The van der Waals surface area contributed by atoms with Crippen molar-refractivity contribution in [3.05, 3.63) is 11.8 Å². The van der Waals surface area contributed by atoms with Crippen LogP contribution in [0.15, 0.2) is 11.8 Å². The fraction of sp³-hybridized carbons (Fsp3) is 0.818. The summed E-state index contributed by atoms with van der Waals surface area (Å²) in [6, 6.07) is 0. The summed E-state index contributed by atoms with van der Waals surface area (Å²) in [5, 5.41) is 0. The molecule has 0 aromatic heterocycles. The average Bonchev–Trinajstić information content (AvgIpc) is 2.10. The lowest BCUT2D eigenvalue weighted by Crippen LogP contribution is -1.88. The molecule has 0 heterocycles. The van der Waals surface area contributed by atoms with Crippen molar-refractivity contribution in [3.8, 4) is 0 Å². The number of ether oxygens (including phenoxy) is 1. The summed E-state index contributed by atoms with van der Waals surface area (Å²) in [6.07, 6.45) is 8.11. The number of allylic oxidation sites excluding steroid dienone is 1. The fourth-order valence-electron chi connectivity index (χ4n) is 0.897. The van der Waals surface area contributed by atoms with Gasteiger partial charge in [0.15, 0.2) is 0 Å². The van der Waals surface area contributed by atoms with Gasteiger partial charge in [-0.05, 0) is 25.3 Å². The van der Waals surface area contributed by atoms with Crippen molar-refractivity contribution in [2.24, 2.45) is 0 Å². The van der Waals surface area contributed by atoms with Crippen LogP contribution >= 0.6 is 0 Å². The Balaban J connectivity index is 3.10. The summed E-state index contributed by atoms with van der Waals surface area (Å²) in [7, 11) is 0. The molecule has 0 rings (SSSR count). The topological polar surface area (TPSA) is 9.23 Å². The summed E-state index contributed by atoms with van der Waals surface area (Å²) in [5.74, 6) is 0. The summed E-state index contributed by atoms with van der Waals surface area (Å²) in [4.78, 5) is 0. The first kappa shape index (κ1) is 11.5. The zero-order valence-corrected chi connectivity index (χ0v) is 8.73. The normalized spacial score (nSPS) is 11.8. The van der Waals surface area contributed by atoms with Crippen molar-refractivity contribution >= 4 is 0 Å². The molecule has 1 heteroatoms. The van der Waals surface area contributed by atoms with E-state index in [4.69, 9.17) is 4.74 Å². The molecule has 0 saturated heterocycles. The Kier molecular flexibility index (Phi) is 8.30. The molecule has 0 spiro atoms. The van der Waals surface area contributed by atoms with Crippen LogP contribution in [0.25, 0.3) is 0 Å². The van der Waals surface area contributed by atoms with Gasteiger partial charge in [-0.1, -0.05) is 33.1 Å². The zero-order chi connectivity index (χ0) is 9.23. The largest absolute Gasteiger partial charge is 0.501 e. The van der Waals surface area contributed by atoms with Crippen LogP contribution in [0.1, 0.15) is 52.9 Å². The third-order valence-electron chi connectivity index (χ3n) is 1.96. The van der Waals surface area contributed by atoms with Crippen molar-refractivity contribution in [2.75, 3.05) is 6.61 Å². The van der Waals surface area contributed by atoms with E-state index >= 15 is 0 Å². The highest BCUT2D eigenvalue weighted by Crippen LogP contribution is 2.01. The van der Waals surface area contributed by atoms with Crippen LogP contribution < -0.4 is 0 Å². The van der Waals surface area contributed by atoms with Crippen molar-refractivity contribution in [2.45, 2.75) is 52.9 Å². The van der Waals surface area contributed by atoms with Gasteiger partial charge in [-0.25, -0.2) is 0 Å². The molecule has 0 radical (unpaired) electrons. The van der Waals surface area contributed by atoms with Crippen molar-refractivity contribution in [1.82, 2.24) is 0 Å². The first-order valence-electron chi connectivity index (χ1n) is 5.08. The van der Waals surface area contributed by atoms with E-state index in [0.29, 0.717) is 0 Å². The van der Waals surface area contributed by atoms with E-state index in [1.165, 1.54) is 31.3 Å². The lowest BCUT2D eigenvalue weighted by atomic mass is 10.2. The van der Waals surface area contributed by atoms with Crippen LogP contribution in [-0.4, -0.2) is 6.61 Å². The van der Waals surface area contributed by atoms with Gasteiger partial charge < -0.3 is 4.74 Å². The molecule has 1 nitrogen and oxygen atoms in total. The SMILES string of the molecule is CCCCCCO/C=C(\C)CC. The highest BCUT2D eigenvalue weighted by atomic mass is 16.5. The Bertz CT molecular complexity index is 116. The average molecular weight is 170 g/mol. The maximum atomic E-state index is 5.37. The molecule has 0 aliphatic heterocycles. The maximum absolute atomic E-state index is 5.37. The molecule has 0 aliphatic carbocycles. The third kappa shape index (κ3) is 7.64. The van der Waals surface area contributed by atoms with E-state index in [1.54, 1.807) is 0 Å². The van der Waals surface area contributed by atoms with E-state index in [9.17, 15) is 0 Å². The highest BCUT2D eigenvalue weighted by molar-refractivity contribution is 4.90. The fourth-order valence-corrected chi connectivity index (χ4v) is 0.897. The number of rotatable bonds is 7. The molecule has 0 aromatic carbocycles. The van der Waals surface area contributed by atoms with Gasteiger partial charge >= 0.3 is 0 Å². The highest BCUT2D eigenvalue weighted by Gasteiger charge is 1.87. The molecule has 0 aliphatic rings. The van der Waals surface area contributed by atoms with Gasteiger partial charge in [0.2, 0.25) is 0 Å². The standard InChI is InChI=1S/C11H22O/c1-4-6-7-8-9-12-10-11(3)5-2/h10H,4-9H2,1-3H3/b11-10+. The summed E-state index contributed by atoms with van der Waals surface area (Å²) < 4.78 is 5.37. The monoisotopic (exact) mass is 170 g/mol. The minimum Gasteiger partial charge on any atom is -0.501 e. The van der Waals surface area contributed by atoms with E-state index in [2.05, 4.69) is 20.8 Å². The molecule has 0 fully saturated rings. The van der Waals surface area contributed by atoms with Crippen LogP contribution in [0.5, 0.6) is 0 Å². The second-order valence-corrected chi connectivity index (χ2v) is 3.25. The third-order valence-corrected chi connectivity index (χ3v) is 1.96. The Morgan fingerprint density at radius 1 is 1.17 bits per heavy atom. The van der Waals surface area contributed by atoms with Gasteiger partial charge in [0.05, 0.1) is 12.9 Å². The molecular formula is C11H22O.